The molecule has 2 fully saturated rings. The third-order valence-electron chi connectivity index (χ3n) is 6.59. The van der Waals surface area contributed by atoms with Crippen molar-refractivity contribution in [2.75, 3.05) is 6.61 Å². The molecular weight excluding hydrogens is 510 g/mol. The Balaban J connectivity index is 1.45. The van der Waals surface area contributed by atoms with Crippen molar-refractivity contribution in [1.82, 2.24) is 14.8 Å². The number of hydrogen-bond donors (Lipinski definition) is 1. The molecule has 1 N–H and O–H groups in total. The Morgan fingerprint density at radius 1 is 1.03 bits per heavy atom. The molecule has 35 heavy (non-hydrogen) atoms. The van der Waals surface area contributed by atoms with Gasteiger partial charge in [0.25, 0.3) is 11.8 Å². The van der Waals surface area contributed by atoms with Crippen LogP contribution in [0.15, 0.2) is 64.8 Å². The Morgan fingerprint density at radius 3 is 2.57 bits per heavy atom. The molecule has 1 aliphatic heterocycles. The largest absolute Gasteiger partial charge is 0.492 e. The van der Waals surface area contributed by atoms with Gasteiger partial charge in [-0.1, -0.05) is 53.4 Å². The number of benzene rings is 2. The quantitative estimate of drug-likeness (QED) is 0.344. The number of aromatic nitrogens is 1. The molecule has 0 radical (unpaired) electrons. The minimum atomic E-state index is -0.657. The maximum absolute atomic E-state index is 13.3. The summed E-state index contributed by atoms with van der Waals surface area (Å²) in [6.45, 7) is 1.05. The summed E-state index contributed by atoms with van der Waals surface area (Å²) in [5.41, 5.74) is 1.67. The Labute approximate surface area is 211 Å². The van der Waals surface area contributed by atoms with Crippen molar-refractivity contribution in [1.29, 1.82) is 0 Å². The average molecular weight is 536 g/mol. The zero-order valence-corrected chi connectivity index (χ0v) is 20.8. The SMILES string of the molecule is O=C1NC(=O)N(C2CCCCC2)C(=O)/C1=C/c1cn(CCOc2ccccc2)c2ccc(Br)cc12. The molecule has 2 aromatic carbocycles. The zero-order valence-electron chi connectivity index (χ0n) is 19.2. The van der Waals surface area contributed by atoms with Crippen molar-refractivity contribution in [3.8, 4) is 5.75 Å². The predicted molar refractivity (Wildman–Crippen MR) is 137 cm³/mol. The average Bonchev–Trinajstić information content (AvgIpc) is 3.19. The van der Waals surface area contributed by atoms with Gasteiger partial charge in [0.15, 0.2) is 0 Å². The van der Waals surface area contributed by atoms with Crippen LogP contribution in [0.4, 0.5) is 4.79 Å². The van der Waals surface area contributed by atoms with Crippen molar-refractivity contribution >= 4 is 50.8 Å². The molecule has 2 aliphatic rings. The summed E-state index contributed by atoms with van der Waals surface area (Å²) in [6.07, 6.45) is 8.11. The van der Waals surface area contributed by atoms with Gasteiger partial charge in [0.1, 0.15) is 17.9 Å². The summed E-state index contributed by atoms with van der Waals surface area (Å²) >= 11 is 3.52. The summed E-state index contributed by atoms with van der Waals surface area (Å²) in [5, 5.41) is 3.27. The molecule has 0 atom stereocenters. The second-order valence-electron chi connectivity index (χ2n) is 8.89. The fourth-order valence-corrected chi connectivity index (χ4v) is 5.23. The molecule has 7 nitrogen and oxygen atoms in total. The van der Waals surface area contributed by atoms with Gasteiger partial charge in [-0.05, 0) is 49.2 Å². The Morgan fingerprint density at radius 2 is 1.80 bits per heavy atom. The van der Waals surface area contributed by atoms with Crippen LogP contribution in [0.5, 0.6) is 5.75 Å². The maximum Gasteiger partial charge on any atom is 0.331 e. The van der Waals surface area contributed by atoms with Gasteiger partial charge in [0.05, 0.1) is 6.54 Å². The number of amides is 4. The van der Waals surface area contributed by atoms with E-state index in [1.54, 1.807) is 6.08 Å². The molecule has 0 bridgehead atoms. The summed E-state index contributed by atoms with van der Waals surface area (Å²) in [4.78, 5) is 39.8. The number of nitrogens with one attached hydrogen (secondary N) is 1. The zero-order chi connectivity index (χ0) is 24.4. The smallest absolute Gasteiger partial charge is 0.331 e. The number of fused-ring (bicyclic) bond motifs is 1. The Bertz CT molecular complexity index is 1310. The van der Waals surface area contributed by atoms with Crippen molar-refractivity contribution < 1.29 is 19.1 Å². The van der Waals surface area contributed by atoms with Gasteiger partial charge >= 0.3 is 6.03 Å². The molecule has 0 spiro atoms. The van der Waals surface area contributed by atoms with Crippen LogP contribution in [0.25, 0.3) is 17.0 Å². The molecule has 4 amide bonds. The number of nitrogens with zero attached hydrogens (tertiary/aromatic N) is 2. The van der Waals surface area contributed by atoms with E-state index in [2.05, 4.69) is 21.2 Å². The van der Waals surface area contributed by atoms with E-state index in [-0.39, 0.29) is 11.6 Å². The number of para-hydroxylation sites is 1. The van der Waals surface area contributed by atoms with Crippen molar-refractivity contribution in [3.63, 3.8) is 0 Å². The number of rotatable bonds is 6. The highest BCUT2D eigenvalue weighted by molar-refractivity contribution is 9.10. The van der Waals surface area contributed by atoms with E-state index in [0.29, 0.717) is 13.2 Å². The van der Waals surface area contributed by atoms with E-state index in [9.17, 15) is 14.4 Å². The fourth-order valence-electron chi connectivity index (χ4n) is 4.87. The predicted octanol–water partition coefficient (Wildman–Crippen LogP) is 5.28. The number of ether oxygens (including phenoxy) is 1. The molecule has 1 aromatic heterocycles. The molecule has 5 rings (SSSR count). The van der Waals surface area contributed by atoms with E-state index in [4.69, 9.17) is 4.74 Å². The van der Waals surface area contributed by atoms with Crippen molar-refractivity contribution in [2.24, 2.45) is 0 Å². The maximum atomic E-state index is 13.3. The molecule has 1 saturated heterocycles. The number of carbonyl (C=O) groups excluding carboxylic acids is 3. The van der Waals surface area contributed by atoms with E-state index >= 15 is 0 Å². The fraction of sp³-hybridized carbons (Fsp3) is 0.296. The number of imide groups is 2. The second kappa shape index (κ2) is 10.1. The van der Waals surface area contributed by atoms with Gasteiger partial charge in [-0.25, -0.2) is 4.79 Å². The van der Waals surface area contributed by atoms with E-state index in [0.717, 1.165) is 58.8 Å². The molecule has 3 aromatic rings. The lowest BCUT2D eigenvalue weighted by atomic mass is 9.93. The highest BCUT2D eigenvalue weighted by Crippen LogP contribution is 2.30. The number of carbonyl (C=O) groups is 3. The van der Waals surface area contributed by atoms with Gasteiger partial charge in [-0.15, -0.1) is 0 Å². The van der Waals surface area contributed by atoms with Gasteiger partial charge in [0, 0.05) is 33.2 Å². The molecule has 1 saturated carbocycles. The van der Waals surface area contributed by atoms with Crippen LogP contribution in [0.1, 0.15) is 37.7 Å². The molecule has 2 heterocycles. The van der Waals surface area contributed by atoms with Crippen LogP contribution in [0, 0.1) is 0 Å². The third-order valence-corrected chi connectivity index (χ3v) is 7.08. The van der Waals surface area contributed by atoms with Gasteiger partial charge in [0.2, 0.25) is 0 Å². The molecule has 180 valence electrons. The molecule has 1 aliphatic carbocycles. The first kappa shape index (κ1) is 23.4. The summed E-state index contributed by atoms with van der Waals surface area (Å²) in [6, 6.07) is 14.7. The number of urea groups is 1. The van der Waals surface area contributed by atoms with Crippen LogP contribution in [-0.2, 0) is 16.1 Å². The van der Waals surface area contributed by atoms with Crippen LogP contribution >= 0.6 is 15.9 Å². The normalized spacial score (nSPS) is 18.4. The van der Waals surface area contributed by atoms with Crippen molar-refractivity contribution in [3.05, 3.63) is 70.3 Å². The van der Waals surface area contributed by atoms with Crippen LogP contribution in [0.3, 0.4) is 0 Å². The van der Waals surface area contributed by atoms with Crippen molar-refractivity contribution in [2.45, 2.75) is 44.7 Å². The Kier molecular flexibility index (Phi) is 6.72. The van der Waals surface area contributed by atoms with Gasteiger partial charge < -0.3 is 9.30 Å². The highest BCUT2D eigenvalue weighted by atomic mass is 79.9. The summed E-state index contributed by atoms with van der Waals surface area (Å²) < 4.78 is 8.80. The summed E-state index contributed by atoms with van der Waals surface area (Å²) in [5.74, 6) is -0.379. The lowest BCUT2D eigenvalue weighted by molar-refractivity contribution is -0.132. The summed E-state index contributed by atoms with van der Waals surface area (Å²) in [7, 11) is 0. The first-order chi connectivity index (χ1) is 17.0. The van der Waals surface area contributed by atoms with Crippen LogP contribution < -0.4 is 10.1 Å². The third kappa shape index (κ3) is 4.89. The van der Waals surface area contributed by atoms with Gasteiger partial charge in [-0.2, -0.15) is 0 Å². The lowest BCUT2D eigenvalue weighted by Gasteiger charge is -2.35. The Hall–Kier alpha value is -3.39. The number of barbiturate groups is 1. The van der Waals surface area contributed by atoms with Crippen LogP contribution in [0.2, 0.25) is 0 Å². The number of halogens is 1. The minimum Gasteiger partial charge on any atom is -0.492 e. The highest BCUT2D eigenvalue weighted by Gasteiger charge is 2.40. The molecular formula is C27H26BrN3O4. The number of hydrogen-bond acceptors (Lipinski definition) is 4. The molecule has 0 unspecified atom stereocenters. The van der Waals surface area contributed by atoms with Gasteiger partial charge in [-0.3, -0.25) is 19.8 Å². The topological polar surface area (TPSA) is 80.6 Å². The first-order valence-electron chi connectivity index (χ1n) is 11.9. The van der Waals surface area contributed by atoms with E-state index < -0.39 is 17.8 Å². The van der Waals surface area contributed by atoms with E-state index in [1.165, 1.54) is 4.90 Å². The lowest BCUT2D eigenvalue weighted by Crippen LogP contribution is -2.58. The molecule has 8 heteroatoms. The van der Waals surface area contributed by atoms with E-state index in [1.807, 2.05) is 59.3 Å². The van der Waals surface area contributed by atoms with Crippen LogP contribution in [-0.4, -0.2) is 40.0 Å². The minimum absolute atomic E-state index is 0.0188. The standard InChI is InChI=1S/C27H26BrN3O4/c28-19-11-12-24-22(16-19)18(17-30(24)13-14-35-21-9-5-2-6-10-21)15-23-25(32)29-27(34)31(26(23)33)20-7-3-1-4-8-20/h2,5-6,9-12,15-17,20H,1,3-4,7-8,13-14H2,(H,29,32,34)/b23-15+. The first-order valence-corrected chi connectivity index (χ1v) is 12.7. The second-order valence-corrected chi connectivity index (χ2v) is 9.80. The monoisotopic (exact) mass is 535 g/mol.